The molecule has 3 aromatic rings. The highest BCUT2D eigenvalue weighted by molar-refractivity contribution is 7.89. The van der Waals surface area contributed by atoms with E-state index in [9.17, 15) is 13.2 Å². The molecule has 30 heavy (non-hydrogen) atoms. The Balaban J connectivity index is 1.54. The van der Waals surface area contributed by atoms with Gasteiger partial charge in [0, 0.05) is 36.6 Å². The van der Waals surface area contributed by atoms with E-state index in [-0.39, 0.29) is 10.8 Å². The molecule has 8 heteroatoms. The summed E-state index contributed by atoms with van der Waals surface area (Å²) in [5.74, 6) is -0.222. The van der Waals surface area contributed by atoms with Gasteiger partial charge in [-0.3, -0.25) is 4.79 Å². The number of carbonyl (C=O) groups excluding carboxylic acids is 1. The van der Waals surface area contributed by atoms with E-state index in [1.807, 2.05) is 31.2 Å². The summed E-state index contributed by atoms with van der Waals surface area (Å²) < 4.78 is 28.7. The Labute approximate surface area is 181 Å². The Bertz CT molecular complexity index is 1180. The first-order chi connectivity index (χ1) is 14.4. The fourth-order valence-electron chi connectivity index (χ4n) is 3.75. The van der Waals surface area contributed by atoms with Gasteiger partial charge in [0.25, 0.3) is 5.91 Å². The second-order valence-electron chi connectivity index (χ2n) is 7.37. The van der Waals surface area contributed by atoms with E-state index in [1.165, 1.54) is 15.6 Å². The third kappa shape index (κ3) is 4.00. The summed E-state index contributed by atoms with van der Waals surface area (Å²) in [5, 5.41) is 3.94. The van der Waals surface area contributed by atoms with Crippen LogP contribution in [0.4, 0.5) is 5.69 Å². The standard InChI is InChI=1S/C22H25N3O3S2/c1-3-24-11-13-25(14-12-24)30(27,28)18-8-6-7-17(15-18)23-22(26)21-16(2)19-9-4-5-10-20(19)29-21/h4-10,15H,3,11-14H2,1-2H3,(H,23,26). The maximum atomic E-state index is 13.1. The van der Waals surface area contributed by atoms with Gasteiger partial charge >= 0.3 is 0 Å². The smallest absolute Gasteiger partial charge is 0.266 e. The summed E-state index contributed by atoms with van der Waals surface area (Å²) in [6.45, 7) is 7.36. The molecular formula is C22H25N3O3S2. The fourth-order valence-corrected chi connectivity index (χ4v) is 6.32. The number of nitrogens with zero attached hydrogens (tertiary/aromatic N) is 2. The van der Waals surface area contributed by atoms with Crippen LogP contribution in [-0.2, 0) is 10.0 Å². The van der Waals surface area contributed by atoms with Crippen molar-refractivity contribution in [1.82, 2.24) is 9.21 Å². The topological polar surface area (TPSA) is 69.7 Å². The molecule has 1 N–H and O–H groups in total. The zero-order chi connectivity index (χ0) is 21.3. The molecule has 1 aromatic heterocycles. The Hall–Kier alpha value is -2.26. The van der Waals surface area contributed by atoms with E-state index in [1.54, 1.807) is 24.3 Å². The van der Waals surface area contributed by atoms with Crippen molar-refractivity contribution in [2.24, 2.45) is 0 Å². The lowest BCUT2D eigenvalue weighted by Crippen LogP contribution is -2.48. The number of sulfonamides is 1. The first kappa shape index (κ1) is 21.0. The normalized spacial score (nSPS) is 16.1. The molecule has 0 aliphatic carbocycles. The molecule has 1 aliphatic heterocycles. The molecule has 2 heterocycles. The summed E-state index contributed by atoms with van der Waals surface area (Å²) in [6.07, 6.45) is 0. The van der Waals surface area contributed by atoms with E-state index < -0.39 is 10.0 Å². The van der Waals surface area contributed by atoms with Gasteiger partial charge in [0.1, 0.15) is 0 Å². The molecule has 4 rings (SSSR count). The minimum Gasteiger partial charge on any atom is -0.321 e. The van der Waals surface area contributed by atoms with Gasteiger partial charge in [-0.05, 0) is 48.7 Å². The van der Waals surface area contributed by atoms with Crippen LogP contribution in [-0.4, -0.2) is 56.3 Å². The van der Waals surface area contributed by atoms with Gasteiger partial charge in [0.15, 0.2) is 0 Å². The number of nitrogens with one attached hydrogen (secondary N) is 1. The lowest BCUT2D eigenvalue weighted by molar-refractivity contribution is 0.103. The fraction of sp³-hybridized carbons (Fsp3) is 0.318. The number of hydrogen-bond acceptors (Lipinski definition) is 5. The lowest BCUT2D eigenvalue weighted by atomic mass is 10.1. The van der Waals surface area contributed by atoms with Crippen LogP contribution in [0.5, 0.6) is 0 Å². The molecule has 1 amide bonds. The lowest BCUT2D eigenvalue weighted by Gasteiger charge is -2.33. The van der Waals surface area contributed by atoms with Gasteiger partial charge in [-0.25, -0.2) is 8.42 Å². The van der Waals surface area contributed by atoms with Crippen molar-refractivity contribution in [3.05, 3.63) is 59.0 Å². The quantitative estimate of drug-likeness (QED) is 0.651. The SMILES string of the molecule is CCN1CCN(S(=O)(=O)c2cccc(NC(=O)c3sc4ccccc4c3C)c2)CC1. The number of rotatable bonds is 5. The third-order valence-electron chi connectivity index (χ3n) is 5.56. The Kier molecular flexibility index (Phi) is 5.92. The molecule has 1 aliphatic rings. The number of likely N-dealkylation sites (N-methyl/N-ethyl adjacent to an activating group) is 1. The molecule has 2 aromatic carbocycles. The van der Waals surface area contributed by atoms with Gasteiger partial charge in [-0.15, -0.1) is 11.3 Å². The zero-order valence-corrected chi connectivity index (χ0v) is 18.7. The molecule has 0 spiro atoms. The van der Waals surface area contributed by atoms with Crippen molar-refractivity contribution in [1.29, 1.82) is 0 Å². The van der Waals surface area contributed by atoms with Crippen LogP contribution in [0.15, 0.2) is 53.4 Å². The molecule has 6 nitrogen and oxygen atoms in total. The molecule has 0 bridgehead atoms. The van der Waals surface area contributed by atoms with Crippen LogP contribution in [0.2, 0.25) is 0 Å². The monoisotopic (exact) mass is 443 g/mol. The van der Waals surface area contributed by atoms with E-state index in [2.05, 4.69) is 17.1 Å². The van der Waals surface area contributed by atoms with Gasteiger partial charge in [0.2, 0.25) is 10.0 Å². The maximum Gasteiger partial charge on any atom is 0.266 e. The van der Waals surface area contributed by atoms with E-state index >= 15 is 0 Å². The number of amides is 1. The second kappa shape index (κ2) is 8.47. The average molecular weight is 444 g/mol. The van der Waals surface area contributed by atoms with Crippen molar-refractivity contribution in [2.75, 3.05) is 38.0 Å². The molecule has 0 atom stereocenters. The van der Waals surface area contributed by atoms with Crippen molar-refractivity contribution in [2.45, 2.75) is 18.7 Å². The van der Waals surface area contributed by atoms with E-state index in [0.29, 0.717) is 23.7 Å². The van der Waals surface area contributed by atoms with Crippen molar-refractivity contribution >= 4 is 43.0 Å². The summed E-state index contributed by atoms with van der Waals surface area (Å²) in [4.78, 5) is 15.9. The van der Waals surface area contributed by atoms with Gasteiger partial charge in [-0.1, -0.05) is 31.2 Å². The van der Waals surface area contributed by atoms with Crippen molar-refractivity contribution in [3.63, 3.8) is 0 Å². The number of hydrogen-bond donors (Lipinski definition) is 1. The predicted octanol–water partition coefficient (Wildman–Crippen LogP) is 3.79. The molecule has 0 unspecified atom stereocenters. The summed E-state index contributed by atoms with van der Waals surface area (Å²) >= 11 is 1.44. The summed E-state index contributed by atoms with van der Waals surface area (Å²) in [6, 6.07) is 14.4. The Morgan fingerprint density at radius 1 is 1.07 bits per heavy atom. The molecule has 0 radical (unpaired) electrons. The van der Waals surface area contributed by atoms with E-state index in [0.717, 1.165) is 35.3 Å². The van der Waals surface area contributed by atoms with Crippen molar-refractivity contribution < 1.29 is 13.2 Å². The number of aryl methyl sites for hydroxylation is 1. The highest BCUT2D eigenvalue weighted by Crippen LogP contribution is 2.31. The number of carbonyl (C=O) groups is 1. The molecule has 0 saturated carbocycles. The predicted molar refractivity (Wildman–Crippen MR) is 122 cm³/mol. The van der Waals surface area contributed by atoms with Crippen LogP contribution in [0.3, 0.4) is 0 Å². The average Bonchev–Trinajstić information content (AvgIpc) is 3.11. The van der Waals surface area contributed by atoms with Crippen molar-refractivity contribution in [3.8, 4) is 0 Å². The minimum absolute atomic E-state index is 0.207. The minimum atomic E-state index is -3.59. The van der Waals surface area contributed by atoms with Gasteiger partial charge < -0.3 is 10.2 Å². The van der Waals surface area contributed by atoms with Crippen LogP contribution < -0.4 is 5.32 Å². The Morgan fingerprint density at radius 2 is 1.80 bits per heavy atom. The maximum absolute atomic E-state index is 13.1. The summed E-state index contributed by atoms with van der Waals surface area (Å²) in [7, 11) is -3.59. The van der Waals surface area contributed by atoms with Crippen LogP contribution in [0.25, 0.3) is 10.1 Å². The van der Waals surface area contributed by atoms with Gasteiger partial charge in [-0.2, -0.15) is 4.31 Å². The number of fused-ring (bicyclic) bond motifs is 1. The Morgan fingerprint density at radius 3 is 2.50 bits per heavy atom. The van der Waals surface area contributed by atoms with E-state index in [4.69, 9.17) is 0 Å². The first-order valence-electron chi connectivity index (χ1n) is 10.0. The van der Waals surface area contributed by atoms with Gasteiger partial charge in [0.05, 0.1) is 9.77 Å². The molecule has 1 saturated heterocycles. The number of thiophene rings is 1. The highest BCUT2D eigenvalue weighted by Gasteiger charge is 2.28. The molecular weight excluding hydrogens is 418 g/mol. The zero-order valence-electron chi connectivity index (χ0n) is 17.1. The summed E-state index contributed by atoms with van der Waals surface area (Å²) in [5.41, 5.74) is 1.41. The van der Waals surface area contributed by atoms with Crippen LogP contribution in [0, 0.1) is 6.92 Å². The second-order valence-corrected chi connectivity index (χ2v) is 10.4. The third-order valence-corrected chi connectivity index (χ3v) is 8.72. The number of benzene rings is 2. The number of piperazine rings is 1. The van der Waals surface area contributed by atoms with Crippen LogP contribution >= 0.6 is 11.3 Å². The molecule has 158 valence electrons. The first-order valence-corrected chi connectivity index (χ1v) is 12.3. The largest absolute Gasteiger partial charge is 0.321 e. The van der Waals surface area contributed by atoms with Crippen LogP contribution in [0.1, 0.15) is 22.2 Å². The highest BCUT2D eigenvalue weighted by atomic mass is 32.2. The molecule has 1 fully saturated rings. The number of anilines is 1.